The summed E-state index contributed by atoms with van der Waals surface area (Å²) in [5.74, 6) is 0. The topological polar surface area (TPSA) is 17.1 Å². The molecule has 0 aliphatic carbocycles. The van der Waals surface area contributed by atoms with Gasteiger partial charge in [0.25, 0.3) is 0 Å². The van der Waals surface area contributed by atoms with Gasteiger partial charge in [-0.25, -0.2) is 0 Å². The third-order valence-electron chi connectivity index (χ3n) is 1.75. The summed E-state index contributed by atoms with van der Waals surface area (Å²) in [4.78, 5) is 10.7. The van der Waals surface area contributed by atoms with E-state index in [4.69, 9.17) is 0 Å². The van der Waals surface area contributed by atoms with E-state index in [9.17, 15) is 4.79 Å². The molecule has 0 aliphatic heterocycles. The summed E-state index contributed by atoms with van der Waals surface area (Å²) >= 11 is 7.28. The molecule has 66 valence electrons. The molecule has 0 unspecified atom stereocenters. The van der Waals surface area contributed by atoms with Crippen LogP contribution < -0.4 is 0 Å². The monoisotopic (exact) mass is 366 g/mol. The summed E-state index contributed by atoms with van der Waals surface area (Å²) in [6.07, 6.45) is 0.912. The van der Waals surface area contributed by atoms with Crippen LogP contribution in [0.1, 0.15) is 10.4 Å². The van der Waals surface area contributed by atoms with Crippen molar-refractivity contribution in [1.29, 1.82) is 0 Å². The maximum Gasteiger partial charge on any atom is 0.151 e. The van der Waals surface area contributed by atoms with Crippen molar-refractivity contribution < 1.29 is 4.79 Å². The van der Waals surface area contributed by atoms with Crippen LogP contribution in [0.15, 0.2) is 22.0 Å². The van der Waals surface area contributed by atoms with E-state index in [0.717, 1.165) is 30.0 Å². The molecule has 1 nitrogen and oxygen atoms in total. The fourth-order valence-corrected chi connectivity index (χ4v) is 4.32. The molecule has 0 saturated heterocycles. The maximum absolute atomic E-state index is 10.7. The highest BCUT2D eigenvalue weighted by Crippen LogP contribution is 2.32. The minimum absolute atomic E-state index is 0.789. The second-order valence-electron chi connectivity index (χ2n) is 2.57. The van der Waals surface area contributed by atoms with Gasteiger partial charge in [-0.1, -0.05) is 15.9 Å². The standard InChI is InChI=1S/C9H4BrIOS/c10-6-1-7(11)9-5(3-12)4-13-8(9)2-6/h1-4H. The van der Waals surface area contributed by atoms with E-state index in [-0.39, 0.29) is 0 Å². The molecule has 4 heteroatoms. The Bertz CT molecular complexity index is 478. The molecule has 0 aliphatic rings. The van der Waals surface area contributed by atoms with Crippen LogP contribution in [0.2, 0.25) is 0 Å². The van der Waals surface area contributed by atoms with Gasteiger partial charge in [-0.2, -0.15) is 0 Å². The molecular weight excluding hydrogens is 363 g/mol. The summed E-state index contributed by atoms with van der Waals surface area (Å²) in [6.45, 7) is 0. The van der Waals surface area contributed by atoms with Crippen molar-refractivity contribution in [3.63, 3.8) is 0 Å². The van der Waals surface area contributed by atoms with Gasteiger partial charge in [0.1, 0.15) is 0 Å². The normalized spacial score (nSPS) is 10.6. The lowest BCUT2D eigenvalue weighted by molar-refractivity contribution is 0.112. The number of thiophene rings is 1. The van der Waals surface area contributed by atoms with Gasteiger partial charge in [0.15, 0.2) is 6.29 Å². The number of hydrogen-bond acceptors (Lipinski definition) is 2. The smallest absolute Gasteiger partial charge is 0.151 e. The Kier molecular flexibility index (Phi) is 2.71. The highest BCUT2D eigenvalue weighted by atomic mass is 127. The van der Waals surface area contributed by atoms with E-state index >= 15 is 0 Å². The summed E-state index contributed by atoms with van der Waals surface area (Å²) in [7, 11) is 0. The molecule has 0 bridgehead atoms. The SMILES string of the molecule is O=Cc1csc2cc(Br)cc(I)c12. The lowest BCUT2D eigenvalue weighted by Crippen LogP contribution is -1.79. The molecule has 2 rings (SSSR count). The fraction of sp³-hybridized carbons (Fsp3) is 0. The first-order chi connectivity index (χ1) is 6.22. The van der Waals surface area contributed by atoms with E-state index in [1.54, 1.807) is 11.3 Å². The van der Waals surface area contributed by atoms with Crippen molar-refractivity contribution in [2.45, 2.75) is 0 Å². The third kappa shape index (κ3) is 1.67. The Morgan fingerprint density at radius 2 is 2.23 bits per heavy atom. The molecule has 0 atom stereocenters. The molecule has 0 N–H and O–H groups in total. The van der Waals surface area contributed by atoms with E-state index < -0.39 is 0 Å². The summed E-state index contributed by atoms with van der Waals surface area (Å²) in [5.41, 5.74) is 0.789. The molecule has 1 heterocycles. The van der Waals surface area contributed by atoms with Crippen molar-refractivity contribution in [3.05, 3.63) is 31.1 Å². The minimum Gasteiger partial charge on any atom is -0.298 e. The second-order valence-corrected chi connectivity index (χ2v) is 5.56. The Balaban J connectivity index is 2.89. The van der Waals surface area contributed by atoms with Gasteiger partial charge in [0.05, 0.1) is 0 Å². The van der Waals surface area contributed by atoms with Crippen LogP contribution in [0, 0.1) is 3.57 Å². The first-order valence-electron chi connectivity index (χ1n) is 3.54. The van der Waals surface area contributed by atoms with Gasteiger partial charge < -0.3 is 0 Å². The van der Waals surface area contributed by atoms with E-state index in [1.165, 1.54) is 0 Å². The molecule has 13 heavy (non-hydrogen) atoms. The quantitative estimate of drug-likeness (QED) is 0.549. The molecule has 2 aromatic rings. The summed E-state index contributed by atoms with van der Waals surface area (Å²) in [5, 5.41) is 2.97. The minimum atomic E-state index is 0.789. The first-order valence-corrected chi connectivity index (χ1v) is 6.29. The van der Waals surface area contributed by atoms with Gasteiger partial charge in [-0.05, 0) is 34.7 Å². The van der Waals surface area contributed by atoms with Crippen molar-refractivity contribution in [2.75, 3.05) is 0 Å². The predicted octanol–water partition coefficient (Wildman–Crippen LogP) is 4.08. The average molecular weight is 367 g/mol. The fourth-order valence-electron chi connectivity index (χ4n) is 1.20. The maximum atomic E-state index is 10.7. The number of carbonyl (C=O) groups excluding carboxylic acids is 1. The average Bonchev–Trinajstić information content (AvgIpc) is 2.47. The number of fused-ring (bicyclic) bond motifs is 1. The largest absolute Gasteiger partial charge is 0.298 e. The van der Waals surface area contributed by atoms with Gasteiger partial charge in [-0.3, -0.25) is 4.79 Å². The van der Waals surface area contributed by atoms with E-state index in [2.05, 4.69) is 38.5 Å². The van der Waals surface area contributed by atoms with Crippen LogP contribution in [-0.4, -0.2) is 6.29 Å². The van der Waals surface area contributed by atoms with Gasteiger partial charge >= 0.3 is 0 Å². The van der Waals surface area contributed by atoms with Crippen molar-refractivity contribution in [1.82, 2.24) is 0 Å². The lowest BCUT2D eigenvalue weighted by atomic mass is 10.2. The molecular formula is C9H4BrIOS. The van der Waals surface area contributed by atoms with Gasteiger partial charge in [0.2, 0.25) is 0 Å². The molecule has 0 saturated carbocycles. The molecule has 1 aromatic heterocycles. The Labute approximate surface area is 101 Å². The zero-order chi connectivity index (χ0) is 9.42. The highest BCUT2D eigenvalue weighted by Gasteiger charge is 2.07. The molecule has 0 spiro atoms. The number of halogens is 2. The number of rotatable bonds is 1. The number of hydrogen-bond donors (Lipinski definition) is 0. The highest BCUT2D eigenvalue weighted by molar-refractivity contribution is 14.1. The third-order valence-corrected chi connectivity index (χ3v) is 4.00. The van der Waals surface area contributed by atoms with Crippen molar-refractivity contribution >= 4 is 66.2 Å². The Hall–Kier alpha value is 0.0600. The zero-order valence-electron chi connectivity index (χ0n) is 6.38. The van der Waals surface area contributed by atoms with E-state index in [0.29, 0.717) is 0 Å². The predicted molar refractivity (Wildman–Crippen MR) is 67.6 cm³/mol. The van der Waals surface area contributed by atoms with Crippen LogP contribution in [0.5, 0.6) is 0 Å². The number of benzene rings is 1. The molecule has 0 fully saturated rings. The van der Waals surface area contributed by atoms with Crippen LogP contribution >= 0.6 is 49.9 Å². The molecule has 0 radical (unpaired) electrons. The summed E-state index contributed by atoms with van der Waals surface area (Å²) in [6, 6.07) is 4.05. The van der Waals surface area contributed by atoms with Crippen LogP contribution in [-0.2, 0) is 0 Å². The van der Waals surface area contributed by atoms with Gasteiger partial charge in [-0.15, -0.1) is 11.3 Å². The number of aldehydes is 1. The van der Waals surface area contributed by atoms with Crippen LogP contribution in [0.4, 0.5) is 0 Å². The second kappa shape index (κ2) is 3.67. The van der Waals surface area contributed by atoms with Crippen molar-refractivity contribution in [2.24, 2.45) is 0 Å². The van der Waals surface area contributed by atoms with Crippen molar-refractivity contribution in [3.8, 4) is 0 Å². The Morgan fingerprint density at radius 3 is 2.92 bits per heavy atom. The summed E-state index contributed by atoms with van der Waals surface area (Å²) < 4.78 is 3.33. The van der Waals surface area contributed by atoms with Crippen LogP contribution in [0.25, 0.3) is 10.1 Å². The number of carbonyl (C=O) groups is 1. The first kappa shape index (κ1) is 9.61. The lowest BCUT2D eigenvalue weighted by Gasteiger charge is -1.96. The zero-order valence-corrected chi connectivity index (χ0v) is 10.9. The van der Waals surface area contributed by atoms with E-state index in [1.807, 2.05) is 17.5 Å². The molecule has 1 aromatic carbocycles. The Morgan fingerprint density at radius 1 is 1.46 bits per heavy atom. The van der Waals surface area contributed by atoms with Gasteiger partial charge in [0, 0.05) is 29.1 Å². The van der Waals surface area contributed by atoms with Crippen LogP contribution in [0.3, 0.4) is 0 Å². The molecule has 0 amide bonds.